The van der Waals surface area contributed by atoms with Crippen molar-refractivity contribution < 1.29 is 28.3 Å². The Bertz CT molecular complexity index is 898. The molecule has 0 bridgehead atoms. The molecule has 2 aromatic carbocycles. The molecule has 0 aliphatic carbocycles. The summed E-state index contributed by atoms with van der Waals surface area (Å²) in [4.78, 5) is 48.1. The number of ketones is 1. The molecule has 130 valence electrons. The standard InChI is InChI=1S/C19H12FNO5/c20-14-5-1-12(2-6-14)16(22)11-26-19(25)13-3-7-15(8-4-13)21-17(23)9-10-18(21)24/h1-10H,11H2. The van der Waals surface area contributed by atoms with E-state index >= 15 is 0 Å². The van der Waals surface area contributed by atoms with Gasteiger partial charge in [-0.15, -0.1) is 0 Å². The lowest BCUT2D eigenvalue weighted by atomic mass is 10.1. The average molecular weight is 353 g/mol. The highest BCUT2D eigenvalue weighted by Crippen LogP contribution is 2.19. The Kier molecular flexibility index (Phi) is 4.70. The molecule has 26 heavy (non-hydrogen) atoms. The number of Topliss-reactive ketones (excluding diaryl/α,β-unsaturated/α-hetero) is 1. The van der Waals surface area contributed by atoms with Gasteiger partial charge in [-0.2, -0.15) is 0 Å². The van der Waals surface area contributed by atoms with Crippen LogP contribution in [0.5, 0.6) is 0 Å². The topological polar surface area (TPSA) is 80.8 Å². The molecule has 6 nitrogen and oxygen atoms in total. The monoisotopic (exact) mass is 353 g/mol. The molecule has 0 aromatic heterocycles. The Hall–Kier alpha value is -3.61. The third-order valence-corrected chi connectivity index (χ3v) is 3.67. The summed E-state index contributed by atoms with van der Waals surface area (Å²) >= 11 is 0. The third kappa shape index (κ3) is 3.56. The highest BCUT2D eigenvalue weighted by molar-refractivity contribution is 6.28. The average Bonchev–Trinajstić information content (AvgIpc) is 2.98. The summed E-state index contributed by atoms with van der Waals surface area (Å²) in [7, 11) is 0. The van der Waals surface area contributed by atoms with Crippen LogP contribution >= 0.6 is 0 Å². The van der Waals surface area contributed by atoms with Gasteiger partial charge in [-0.05, 0) is 48.5 Å². The van der Waals surface area contributed by atoms with Crippen molar-refractivity contribution in [3.8, 4) is 0 Å². The summed E-state index contributed by atoms with van der Waals surface area (Å²) in [6.07, 6.45) is 2.32. The van der Waals surface area contributed by atoms with Crippen molar-refractivity contribution >= 4 is 29.3 Å². The highest BCUT2D eigenvalue weighted by Gasteiger charge is 2.25. The molecular formula is C19H12FNO5. The Balaban J connectivity index is 1.61. The molecule has 0 spiro atoms. The number of hydrogen-bond acceptors (Lipinski definition) is 5. The Morgan fingerprint density at radius 1 is 0.846 bits per heavy atom. The zero-order valence-electron chi connectivity index (χ0n) is 13.3. The van der Waals surface area contributed by atoms with E-state index in [1.54, 1.807) is 0 Å². The number of ether oxygens (including phenoxy) is 1. The molecule has 2 aromatic rings. The first kappa shape index (κ1) is 17.2. The summed E-state index contributed by atoms with van der Waals surface area (Å²) in [5.74, 6) is -2.59. The van der Waals surface area contributed by atoms with E-state index in [1.165, 1.54) is 36.4 Å². The van der Waals surface area contributed by atoms with Crippen molar-refractivity contribution in [1.29, 1.82) is 0 Å². The quantitative estimate of drug-likeness (QED) is 0.468. The molecule has 0 radical (unpaired) electrons. The fraction of sp³-hybridized carbons (Fsp3) is 0.0526. The number of hydrogen-bond donors (Lipinski definition) is 0. The second-order valence-electron chi connectivity index (χ2n) is 5.40. The van der Waals surface area contributed by atoms with E-state index in [2.05, 4.69) is 0 Å². The van der Waals surface area contributed by atoms with E-state index in [0.29, 0.717) is 5.69 Å². The van der Waals surface area contributed by atoms with E-state index in [-0.39, 0.29) is 11.1 Å². The minimum absolute atomic E-state index is 0.160. The maximum atomic E-state index is 12.8. The van der Waals surface area contributed by atoms with Gasteiger partial charge in [0.1, 0.15) is 5.82 Å². The molecule has 1 heterocycles. The van der Waals surface area contributed by atoms with Crippen molar-refractivity contribution in [3.63, 3.8) is 0 Å². The minimum atomic E-state index is -0.732. The molecular weight excluding hydrogens is 341 g/mol. The molecule has 1 aliphatic heterocycles. The molecule has 0 unspecified atom stereocenters. The van der Waals surface area contributed by atoms with Crippen molar-refractivity contribution in [2.24, 2.45) is 0 Å². The van der Waals surface area contributed by atoms with Gasteiger partial charge in [0.2, 0.25) is 0 Å². The van der Waals surface area contributed by atoms with E-state index < -0.39 is 36.0 Å². The molecule has 0 N–H and O–H groups in total. The molecule has 0 saturated carbocycles. The zero-order valence-corrected chi connectivity index (χ0v) is 13.3. The summed E-state index contributed by atoms with van der Waals surface area (Å²) in [5, 5.41) is 0. The van der Waals surface area contributed by atoms with Gasteiger partial charge in [0.05, 0.1) is 11.3 Å². The normalized spacial score (nSPS) is 13.2. The van der Waals surface area contributed by atoms with E-state index in [1.807, 2.05) is 0 Å². The van der Waals surface area contributed by atoms with Crippen molar-refractivity contribution in [2.75, 3.05) is 11.5 Å². The van der Waals surface area contributed by atoms with E-state index in [9.17, 15) is 23.6 Å². The summed E-state index contributed by atoms with van der Waals surface area (Å²) < 4.78 is 17.8. The van der Waals surface area contributed by atoms with Crippen LogP contribution in [-0.2, 0) is 14.3 Å². The maximum Gasteiger partial charge on any atom is 0.338 e. The fourth-order valence-corrected chi connectivity index (χ4v) is 2.33. The number of halogens is 1. The molecule has 2 amide bonds. The van der Waals surface area contributed by atoms with Crippen molar-refractivity contribution in [1.82, 2.24) is 0 Å². The van der Waals surface area contributed by atoms with Crippen LogP contribution in [0, 0.1) is 5.82 Å². The van der Waals surface area contributed by atoms with Crippen LogP contribution in [0.3, 0.4) is 0 Å². The van der Waals surface area contributed by atoms with Crippen molar-refractivity contribution in [2.45, 2.75) is 0 Å². The van der Waals surface area contributed by atoms with Crippen LogP contribution in [0.4, 0.5) is 10.1 Å². The number of benzene rings is 2. The highest BCUT2D eigenvalue weighted by atomic mass is 19.1. The molecule has 1 aliphatic rings. The number of imide groups is 1. The fourth-order valence-electron chi connectivity index (χ4n) is 2.33. The number of esters is 1. The molecule has 3 rings (SSSR count). The number of carbonyl (C=O) groups is 4. The number of rotatable bonds is 5. The lowest BCUT2D eigenvalue weighted by Crippen LogP contribution is -2.29. The maximum absolute atomic E-state index is 12.8. The Morgan fingerprint density at radius 3 is 1.96 bits per heavy atom. The summed E-state index contributed by atoms with van der Waals surface area (Å²) in [6.45, 7) is -0.487. The van der Waals surface area contributed by atoms with E-state index in [4.69, 9.17) is 4.74 Å². The number of nitrogens with zero attached hydrogens (tertiary/aromatic N) is 1. The largest absolute Gasteiger partial charge is 0.454 e. The van der Waals surface area contributed by atoms with Crippen LogP contribution in [0.15, 0.2) is 60.7 Å². The third-order valence-electron chi connectivity index (χ3n) is 3.67. The first-order chi connectivity index (χ1) is 12.5. The second-order valence-corrected chi connectivity index (χ2v) is 5.40. The Morgan fingerprint density at radius 2 is 1.38 bits per heavy atom. The Labute approximate surface area is 147 Å². The smallest absolute Gasteiger partial charge is 0.338 e. The van der Waals surface area contributed by atoms with Gasteiger partial charge < -0.3 is 4.74 Å². The van der Waals surface area contributed by atoms with Gasteiger partial charge in [-0.3, -0.25) is 14.4 Å². The van der Waals surface area contributed by atoms with Gasteiger partial charge in [0, 0.05) is 17.7 Å². The summed E-state index contributed by atoms with van der Waals surface area (Å²) in [6, 6.07) is 10.5. The number of carbonyl (C=O) groups excluding carboxylic acids is 4. The molecule has 0 atom stereocenters. The van der Waals surface area contributed by atoms with Gasteiger partial charge in [0.15, 0.2) is 12.4 Å². The first-order valence-electron chi connectivity index (χ1n) is 7.58. The predicted molar refractivity (Wildman–Crippen MR) is 89.1 cm³/mol. The van der Waals surface area contributed by atoms with Gasteiger partial charge >= 0.3 is 5.97 Å². The summed E-state index contributed by atoms with van der Waals surface area (Å²) in [5.41, 5.74) is 0.713. The van der Waals surface area contributed by atoms with Crippen LogP contribution < -0.4 is 4.90 Å². The lowest BCUT2D eigenvalue weighted by molar-refractivity contribution is -0.119. The van der Waals surface area contributed by atoms with Crippen molar-refractivity contribution in [3.05, 3.63) is 77.6 Å². The van der Waals surface area contributed by atoms with Crippen LogP contribution in [0.2, 0.25) is 0 Å². The SMILES string of the molecule is O=C(COC(=O)c1ccc(N2C(=O)C=CC2=O)cc1)c1ccc(F)cc1. The first-order valence-corrected chi connectivity index (χ1v) is 7.58. The molecule has 7 heteroatoms. The van der Waals surface area contributed by atoms with Gasteiger partial charge in [-0.25, -0.2) is 14.1 Å². The van der Waals surface area contributed by atoms with Gasteiger partial charge in [0.25, 0.3) is 11.8 Å². The molecule has 0 fully saturated rings. The zero-order chi connectivity index (χ0) is 18.7. The van der Waals surface area contributed by atoms with Gasteiger partial charge in [-0.1, -0.05) is 0 Å². The van der Waals surface area contributed by atoms with Crippen LogP contribution in [0.1, 0.15) is 20.7 Å². The number of amides is 2. The predicted octanol–water partition coefficient (Wildman–Crippen LogP) is 2.29. The van der Waals surface area contributed by atoms with Crippen LogP contribution in [-0.4, -0.2) is 30.2 Å². The molecule has 0 saturated heterocycles. The van der Waals surface area contributed by atoms with Crippen LogP contribution in [0.25, 0.3) is 0 Å². The minimum Gasteiger partial charge on any atom is -0.454 e. The van der Waals surface area contributed by atoms with E-state index in [0.717, 1.165) is 29.2 Å². The second kappa shape index (κ2) is 7.10. The number of anilines is 1. The lowest BCUT2D eigenvalue weighted by Gasteiger charge is -2.13.